The highest BCUT2D eigenvalue weighted by molar-refractivity contribution is 6.42. The van der Waals surface area contributed by atoms with Gasteiger partial charge in [0.15, 0.2) is 5.58 Å². The third-order valence-corrected chi connectivity index (χ3v) is 5.58. The monoisotopic (exact) mass is 446 g/mol. The quantitative estimate of drug-likeness (QED) is 0.262. The topological polar surface area (TPSA) is 51.5 Å². The number of benzene rings is 3. The van der Waals surface area contributed by atoms with Gasteiger partial charge in [0.25, 0.3) is 0 Å². The molecule has 3 aromatic carbocycles. The van der Waals surface area contributed by atoms with Crippen molar-refractivity contribution >= 4 is 46.2 Å². The minimum absolute atomic E-state index is 0.483. The van der Waals surface area contributed by atoms with Crippen molar-refractivity contribution in [2.45, 2.75) is 6.92 Å². The van der Waals surface area contributed by atoms with E-state index in [1.54, 1.807) is 18.3 Å². The van der Waals surface area contributed by atoms with Crippen LogP contribution in [-0.4, -0.2) is 11.2 Å². The second kappa shape index (κ2) is 8.06. The summed E-state index contributed by atoms with van der Waals surface area (Å²) in [5.74, 6) is 1.91. The lowest BCUT2D eigenvalue weighted by Crippen LogP contribution is -1.78. The average molecular weight is 447 g/mol. The predicted molar refractivity (Wildman–Crippen MR) is 126 cm³/mol. The highest BCUT2D eigenvalue weighted by atomic mass is 35.5. The van der Waals surface area contributed by atoms with Gasteiger partial charge in [-0.2, -0.15) is 0 Å². The Hall–Kier alpha value is -3.34. The van der Waals surface area contributed by atoms with Gasteiger partial charge in [0.05, 0.1) is 21.9 Å². The molecular weight excluding hydrogens is 431 g/mol. The molecule has 5 aromatic rings. The van der Waals surface area contributed by atoms with Crippen molar-refractivity contribution < 1.29 is 8.83 Å². The van der Waals surface area contributed by atoms with Gasteiger partial charge >= 0.3 is 0 Å². The molecule has 0 bridgehead atoms. The zero-order valence-corrected chi connectivity index (χ0v) is 18.0. The third kappa shape index (κ3) is 4.13. The van der Waals surface area contributed by atoms with Crippen LogP contribution in [0.25, 0.3) is 33.9 Å². The van der Waals surface area contributed by atoms with E-state index < -0.39 is 0 Å². The van der Waals surface area contributed by atoms with E-state index in [0.717, 1.165) is 27.9 Å². The molecule has 4 nitrogen and oxygen atoms in total. The number of nitrogens with zero attached hydrogens (tertiary/aromatic N) is 2. The van der Waals surface area contributed by atoms with Crippen LogP contribution in [0.1, 0.15) is 11.3 Å². The Morgan fingerprint density at radius 3 is 2.42 bits per heavy atom. The molecule has 0 unspecified atom stereocenters. The van der Waals surface area contributed by atoms with Gasteiger partial charge in [0.2, 0.25) is 5.89 Å². The van der Waals surface area contributed by atoms with E-state index in [2.05, 4.69) is 9.98 Å². The molecule has 5 rings (SSSR count). The number of rotatable bonds is 4. The first-order chi connectivity index (χ1) is 15.0. The maximum Gasteiger partial charge on any atom is 0.227 e. The Kier molecular flexibility index (Phi) is 5.10. The molecule has 0 saturated heterocycles. The second-order valence-electron chi connectivity index (χ2n) is 7.13. The fraction of sp³-hybridized carbons (Fsp3) is 0.0400. The number of fused-ring (bicyclic) bond motifs is 1. The van der Waals surface area contributed by atoms with Gasteiger partial charge in [-0.15, -0.1) is 0 Å². The summed E-state index contributed by atoms with van der Waals surface area (Å²) in [5, 5.41) is 0.990. The Morgan fingerprint density at radius 2 is 1.61 bits per heavy atom. The van der Waals surface area contributed by atoms with Gasteiger partial charge < -0.3 is 8.83 Å². The molecule has 0 saturated carbocycles. The van der Waals surface area contributed by atoms with Crippen LogP contribution in [0.4, 0.5) is 5.69 Å². The lowest BCUT2D eigenvalue weighted by atomic mass is 10.1. The first-order valence-corrected chi connectivity index (χ1v) is 10.4. The van der Waals surface area contributed by atoms with E-state index in [9.17, 15) is 0 Å². The van der Waals surface area contributed by atoms with E-state index in [1.165, 1.54) is 5.56 Å². The molecule has 0 aliphatic rings. The molecular formula is C25H16Cl2N2O2. The van der Waals surface area contributed by atoms with E-state index >= 15 is 0 Å². The molecule has 0 N–H and O–H groups in total. The van der Waals surface area contributed by atoms with Gasteiger partial charge in [-0.3, -0.25) is 4.99 Å². The summed E-state index contributed by atoms with van der Waals surface area (Å²) >= 11 is 12.1. The SMILES string of the molecule is Cc1ccc(-c2nc3cc(N=Cc4ccc(-c5ccc(Cl)c(Cl)c5)o4)ccc3o2)cc1. The van der Waals surface area contributed by atoms with Gasteiger partial charge in [0, 0.05) is 11.1 Å². The summed E-state index contributed by atoms with van der Waals surface area (Å²) in [6, 6.07) is 22.8. The zero-order valence-electron chi connectivity index (χ0n) is 16.5. The molecule has 0 radical (unpaired) electrons. The van der Waals surface area contributed by atoms with Crippen molar-refractivity contribution in [3.63, 3.8) is 0 Å². The summed E-state index contributed by atoms with van der Waals surface area (Å²) in [7, 11) is 0. The third-order valence-electron chi connectivity index (χ3n) is 4.84. The molecule has 0 spiro atoms. The summed E-state index contributed by atoms with van der Waals surface area (Å²) in [6.07, 6.45) is 1.67. The van der Waals surface area contributed by atoms with Crippen LogP contribution in [0.5, 0.6) is 0 Å². The number of halogens is 2. The first kappa shape index (κ1) is 19.6. The van der Waals surface area contributed by atoms with Gasteiger partial charge in [0.1, 0.15) is 17.0 Å². The van der Waals surface area contributed by atoms with E-state index in [4.69, 9.17) is 32.0 Å². The van der Waals surface area contributed by atoms with Crippen LogP contribution in [0.2, 0.25) is 10.0 Å². The van der Waals surface area contributed by atoms with Crippen LogP contribution < -0.4 is 0 Å². The van der Waals surface area contributed by atoms with Crippen molar-refractivity contribution in [1.82, 2.24) is 4.98 Å². The van der Waals surface area contributed by atoms with Gasteiger partial charge in [-0.25, -0.2) is 4.98 Å². The van der Waals surface area contributed by atoms with Crippen LogP contribution in [-0.2, 0) is 0 Å². The molecule has 0 aliphatic carbocycles. The second-order valence-corrected chi connectivity index (χ2v) is 7.94. The first-order valence-electron chi connectivity index (χ1n) is 9.62. The molecule has 2 heterocycles. The summed E-state index contributed by atoms with van der Waals surface area (Å²) in [4.78, 5) is 9.11. The van der Waals surface area contributed by atoms with Crippen molar-refractivity contribution in [3.8, 4) is 22.8 Å². The lowest BCUT2D eigenvalue weighted by molar-refractivity contribution is 0.575. The molecule has 0 atom stereocenters. The van der Waals surface area contributed by atoms with Crippen LogP contribution >= 0.6 is 23.2 Å². The Morgan fingerprint density at radius 1 is 0.806 bits per heavy atom. The van der Waals surface area contributed by atoms with E-state index in [1.807, 2.05) is 67.6 Å². The summed E-state index contributed by atoms with van der Waals surface area (Å²) in [6.45, 7) is 2.05. The molecule has 6 heteroatoms. The lowest BCUT2D eigenvalue weighted by Gasteiger charge is -1.99. The maximum atomic E-state index is 6.09. The van der Waals surface area contributed by atoms with Crippen LogP contribution in [0, 0.1) is 6.92 Å². The number of aliphatic imine (C=N–C) groups is 1. The normalized spacial score (nSPS) is 11.6. The molecule has 152 valence electrons. The van der Waals surface area contributed by atoms with Crippen molar-refractivity contribution in [1.29, 1.82) is 0 Å². The minimum Gasteiger partial charge on any atom is -0.455 e. The number of furan rings is 1. The largest absolute Gasteiger partial charge is 0.455 e. The van der Waals surface area contributed by atoms with E-state index in [-0.39, 0.29) is 0 Å². The summed E-state index contributed by atoms with van der Waals surface area (Å²) in [5.41, 5.74) is 5.20. The molecule has 2 aromatic heterocycles. The van der Waals surface area contributed by atoms with Gasteiger partial charge in [-0.05, 0) is 67.6 Å². The highest BCUT2D eigenvalue weighted by Gasteiger charge is 2.09. The standard InChI is InChI=1S/C25H16Cl2N2O2/c1-15-2-4-16(5-3-15)25-29-22-13-18(7-10-24(22)31-25)28-14-19-8-11-23(30-19)17-6-9-20(26)21(27)12-17/h2-14H,1H3. The van der Waals surface area contributed by atoms with E-state index in [0.29, 0.717) is 27.5 Å². The Balaban J connectivity index is 1.38. The summed E-state index contributed by atoms with van der Waals surface area (Å²) < 4.78 is 11.7. The fourth-order valence-electron chi connectivity index (χ4n) is 3.18. The van der Waals surface area contributed by atoms with Crippen LogP contribution in [0.3, 0.4) is 0 Å². The number of oxazole rings is 1. The number of aromatic nitrogens is 1. The van der Waals surface area contributed by atoms with Crippen molar-refractivity contribution in [2.24, 2.45) is 4.99 Å². The van der Waals surface area contributed by atoms with Crippen LogP contribution in [0.15, 0.2) is 86.6 Å². The average Bonchev–Trinajstić information content (AvgIpc) is 3.41. The molecule has 0 aliphatic heterocycles. The van der Waals surface area contributed by atoms with Crippen molar-refractivity contribution in [3.05, 3.63) is 94.2 Å². The van der Waals surface area contributed by atoms with Gasteiger partial charge in [-0.1, -0.05) is 40.9 Å². The van der Waals surface area contributed by atoms with Crippen molar-refractivity contribution in [2.75, 3.05) is 0 Å². The molecule has 31 heavy (non-hydrogen) atoms. The number of hydrogen-bond donors (Lipinski definition) is 0. The number of hydrogen-bond acceptors (Lipinski definition) is 4. The molecule has 0 amide bonds. The fourth-order valence-corrected chi connectivity index (χ4v) is 3.48. The zero-order chi connectivity index (χ0) is 21.4. The predicted octanol–water partition coefficient (Wildman–Crippen LogP) is 8.12. The highest BCUT2D eigenvalue weighted by Crippen LogP contribution is 2.30. The maximum absolute atomic E-state index is 6.09. The minimum atomic E-state index is 0.483. The number of aryl methyl sites for hydroxylation is 1. The Labute approximate surface area is 188 Å². The smallest absolute Gasteiger partial charge is 0.227 e. The Bertz CT molecular complexity index is 1420. The molecule has 0 fully saturated rings.